The Balaban J connectivity index is 1.35. The number of rotatable bonds is 5. The second-order valence-electron chi connectivity index (χ2n) is 8.13. The number of hydrogen-bond donors (Lipinski definition) is 1. The van der Waals surface area contributed by atoms with Gasteiger partial charge >= 0.3 is 5.97 Å². The second kappa shape index (κ2) is 7.13. The van der Waals surface area contributed by atoms with Crippen molar-refractivity contribution in [2.75, 3.05) is 11.9 Å². The highest BCUT2D eigenvalue weighted by Gasteiger charge is 2.60. The molecule has 2 fully saturated rings. The van der Waals surface area contributed by atoms with Crippen molar-refractivity contribution in [1.29, 1.82) is 0 Å². The van der Waals surface area contributed by atoms with Gasteiger partial charge in [-0.3, -0.25) is 19.3 Å². The first kappa shape index (κ1) is 19.4. The van der Waals surface area contributed by atoms with Gasteiger partial charge in [0.15, 0.2) is 6.61 Å². The van der Waals surface area contributed by atoms with Crippen LogP contribution in [0, 0.1) is 37.5 Å². The summed E-state index contributed by atoms with van der Waals surface area (Å²) in [5.41, 5.74) is 2.62. The molecule has 0 aromatic heterocycles. The van der Waals surface area contributed by atoms with Crippen LogP contribution in [-0.4, -0.2) is 41.2 Å². The predicted molar refractivity (Wildman–Crippen MR) is 105 cm³/mol. The number of carbonyl (C=O) groups excluding carboxylic acids is 4. The molecule has 3 aliphatic rings. The summed E-state index contributed by atoms with van der Waals surface area (Å²) < 4.78 is 5.10. The Labute approximate surface area is 169 Å². The van der Waals surface area contributed by atoms with Crippen LogP contribution in [0.2, 0.25) is 0 Å². The highest BCUT2D eigenvalue weighted by atomic mass is 16.5. The maximum Gasteiger partial charge on any atom is 0.329 e. The number of allylic oxidation sites excluding steroid dienone is 2. The minimum absolute atomic E-state index is 0.0815. The third-order valence-electron chi connectivity index (χ3n) is 6.46. The summed E-state index contributed by atoms with van der Waals surface area (Å²) in [4.78, 5) is 51.2. The van der Waals surface area contributed by atoms with Gasteiger partial charge in [-0.05, 0) is 56.2 Å². The number of fused-ring (bicyclic) bond motifs is 5. The molecular weight excluding hydrogens is 372 g/mol. The van der Waals surface area contributed by atoms with Gasteiger partial charge in [0, 0.05) is 5.69 Å². The van der Waals surface area contributed by atoms with Gasteiger partial charge in [0.2, 0.25) is 11.8 Å². The van der Waals surface area contributed by atoms with Crippen molar-refractivity contribution in [2.45, 2.75) is 33.2 Å². The number of esters is 1. The summed E-state index contributed by atoms with van der Waals surface area (Å²) in [5, 5.41) is 2.71. The van der Waals surface area contributed by atoms with E-state index in [1.54, 1.807) is 6.07 Å². The van der Waals surface area contributed by atoms with Gasteiger partial charge in [-0.15, -0.1) is 0 Å². The monoisotopic (exact) mass is 396 g/mol. The van der Waals surface area contributed by atoms with E-state index in [1.807, 2.05) is 38.1 Å². The Kier molecular flexibility index (Phi) is 4.76. The van der Waals surface area contributed by atoms with Crippen molar-refractivity contribution >= 4 is 29.4 Å². The van der Waals surface area contributed by atoms with Crippen molar-refractivity contribution in [3.63, 3.8) is 0 Å². The minimum atomic E-state index is -1.05. The van der Waals surface area contributed by atoms with E-state index in [2.05, 4.69) is 5.32 Å². The van der Waals surface area contributed by atoms with Gasteiger partial charge in [-0.2, -0.15) is 0 Å². The van der Waals surface area contributed by atoms with Crippen LogP contribution in [-0.2, 0) is 23.9 Å². The zero-order valence-electron chi connectivity index (χ0n) is 16.7. The Hall–Kier alpha value is -2.96. The number of ether oxygens (including phenoxy) is 1. The number of amides is 3. The molecule has 29 heavy (non-hydrogen) atoms. The molecule has 2 bridgehead atoms. The molecule has 2 aliphatic carbocycles. The highest BCUT2D eigenvalue weighted by Crippen LogP contribution is 2.52. The zero-order valence-corrected chi connectivity index (χ0v) is 16.7. The smallest absolute Gasteiger partial charge is 0.329 e. The summed E-state index contributed by atoms with van der Waals surface area (Å²) in [6.45, 7) is 4.82. The first-order valence-electron chi connectivity index (χ1n) is 9.87. The molecule has 0 spiro atoms. The van der Waals surface area contributed by atoms with E-state index in [0.29, 0.717) is 5.69 Å². The van der Waals surface area contributed by atoms with Crippen molar-refractivity contribution in [1.82, 2.24) is 4.90 Å². The third kappa shape index (κ3) is 3.14. The average Bonchev–Trinajstić information content (AvgIpc) is 3.37. The van der Waals surface area contributed by atoms with Crippen LogP contribution in [0.4, 0.5) is 5.69 Å². The predicted octanol–water partition coefficient (Wildman–Crippen LogP) is 1.98. The van der Waals surface area contributed by atoms with Crippen LogP contribution in [0.25, 0.3) is 0 Å². The second-order valence-corrected chi connectivity index (χ2v) is 8.13. The maximum atomic E-state index is 12.8. The summed E-state index contributed by atoms with van der Waals surface area (Å²) >= 11 is 0. The Morgan fingerprint density at radius 2 is 1.76 bits per heavy atom. The van der Waals surface area contributed by atoms with Gasteiger partial charge in [-0.1, -0.05) is 24.3 Å². The summed E-state index contributed by atoms with van der Waals surface area (Å²) in [6.07, 6.45) is 4.83. The molecular formula is C22H24N2O5. The van der Waals surface area contributed by atoms with Crippen LogP contribution in [0.5, 0.6) is 0 Å². The molecule has 1 aliphatic heterocycles. The van der Waals surface area contributed by atoms with Crippen molar-refractivity contribution in [3.05, 3.63) is 41.5 Å². The molecule has 1 N–H and O–H groups in total. The molecule has 7 heteroatoms. The first-order valence-corrected chi connectivity index (χ1v) is 9.87. The number of benzene rings is 1. The quantitative estimate of drug-likeness (QED) is 0.467. The van der Waals surface area contributed by atoms with Gasteiger partial charge < -0.3 is 10.1 Å². The van der Waals surface area contributed by atoms with E-state index in [4.69, 9.17) is 4.74 Å². The van der Waals surface area contributed by atoms with Gasteiger partial charge in [0.1, 0.15) is 6.04 Å². The Morgan fingerprint density at radius 1 is 1.14 bits per heavy atom. The fraction of sp³-hybridized carbons (Fsp3) is 0.455. The summed E-state index contributed by atoms with van der Waals surface area (Å²) in [7, 11) is 0. The number of nitrogens with zero attached hydrogens (tertiary/aromatic N) is 1. The molecule has 5 atom stereocenters. The lowest BCUT2D eigenvalue weighted by Crippen LogP contribution is -2.45. The van der Waals surface area contributed by atoms with Crippen molar-refractivity contribution in [2.24, 2.45) is 23.7 Å². The number of imide groups is 1. The lowest BCUT2D eigenvalue weighted by atomic mass is 9.85. The Bertz CT molecular complexity index is 907. The fourth-order valence-corrected chi connectivity index (χ4v) is 4.74. The summed E-state index contributed by atoms with van der Waals surface area (Å²) in [5.74, 6) is -2.40. The molecule has 0 unspecified atom stereocenters. The van der Waals surface area contributed by atoms with E-state index in [9.17, 15) is 19.2 Å². The molecule has 1 heterocycles. The highest BCUT2D eigenvalue weighted by molar-refractivity contribution is 6.09. The van der Waals surface area contributed by atoms with Crippen molar-refractivity contribution < 1.29 is 23.9 Å². The van der Waals surface area contributed by atoms with E-state index in [-0.39, 0.29) is 35.5 Å². The molecule has 1 saturated heterocycles. The third-order valence-corrected chi connectivity index (χ3v) is 6.46. The van der Waals surface area contributed by atoms with Crippen LogP contribution in [0.3, 0.4) is 0 Å². The number of likely N-dealkylation sites (tertiary alicyclic amines) is 1. The minimum Gasteiger partial charge on any atom is -0.454 e. The standard InChI is InChI=1S/C22H24N2O5/c1-11-5-4-6-16(12(11)2)23-17(25)10-29-22(28)13(3)24-20(26)18-14-7-8-15(9-14)19(18)21(24)27/h4-8,13-15,18-19H,9-10H2,1-3H3,(H,23,25)/t13-,14-,15-,18-,19-/m0/s1. The lowest BCUT2D eigenvalue weighted by Gasteiger charge is -2.23. The van der Waals surface area contributed by atoms with Gasteiger partial charge in [0.05, 0.1) is 11.8 Å². The number of anilines is 1. The molecule has 152 valence electrons. The molecule has 1 saturated carbocycles. The number of hydrogen-bond acceptors (Lipinski definition) is 5. The first-order chi connectivity index (χ1) is 13.8. The Morgan fingerprint density at radius 3 is 2.38 bits per heavy atom. The SMILES string of the molecule is Cc1cccc(NC(=O)COC(=O)[C@H](C)N2C(=O)[C@@H]3[C@@H](C2=O)[C@H]2C=C[C@H]3C2)c1C. The molecule has 1 aromatic carbocycles. The fourth-order valence-electron chi connectivity index (χ4n) is 4.74. The normalized spacial score (nSPS) is 27.9. The largest absolute Gasteiger partial charge is 0.454 e. The zero-order chi connectivity index (χ0) is 20.9. The van der Waals surface area contributed by atoms with E-state index in [1.165, 1.54) is 6.92 Å². The lowest BCUT2D eigenvalue weighted by molar-refractivity contribution is -0.159. The van der Waals surface area contributed by atoms with E-state index in [0.717, 1.165) is 22.4 Å². The van der Waals surface area contributed by atoms with Crippen LogP contribution in [0.1, 0.15) is 24.5 Å². The van der Waals surface area contributed by atoms with Gasteiger partial charge in [0.25, 0.3) is 5.91 Å². The van der Waals surface area contributed by atoms with Gasteiger partial charge in [-0.25, -0.2) is 4.79 Å². The van der Waals surface area contributed by atoms with Crippen molar-refractivity contribution in [3.8, 4) is 0 Å². The van der Waals surface area contributed by atoms with Crippen LogP contribution in [0.15, 0.2) is 30.4 Å². The number of nitrogens with one attached hydrogen (secondary N) is 1. The molecule has 3 amide bonds. The van der Waals surface area contributed by atoms with Crippen LogP contribution < -0.4 is 5.32 Å². The maximum absolute atomic E-state index is 12.8. The van der Waals surface area contributed by atoms with E-state index < -0.39 is 24.5 Å². The average molecular weight is 396 g/mol. The molecule has 1 aromatic rings. The summed E-state index contributed by atoms with van der Waals surface area (Å²) in [6, 6.07) is 4.49. The molecule has 4 rings (SSSR count). The van der Waals surface area contributed by atoms with Crippen LogP contribution >= 0.6 is 0 Å². The molecule has 7 nitrogen and oxygen atoms in total. The molecule has 0 radical (unpaired) electrons. The van der Waals surface area contributed by atoms with E-state index >= 15 is 0 Å². The topological polar surface area (TPSA) is 92.8 Å². The number of carbonyl (C=O) groups is 4. The number of aryl methyl sites for hydroxylation is 1.